The second-order valence-electron chi connectivity index (χ2n) is 4.79. The first-order valence-electron chi connectivity index (χ1n) is 6.39. The Morgan fingerprint density at radius 1 is 1.42 bits per heavy atom. The summed E-state index contributed by atoms with van der Waals surface area (Å²) in [5.41, 5.74) is 1.17. The fourth-order valence-electron chi connectivity index (χ4n) is 2.31. The lowest BCUT2D eigenvalue weighted by molar-refractivity contribution is 0.270. The molecule has 1 fully saturated rings. The summed E-state index contributed by atoms with van der Waals surface area (Å²) in [6.45, 7) is 2.52. The molecule has 0 saturated carbocycles. The smallest absolute Gasteiger partial charge is 0.271 e. The van der Waals surface area contributed by atoms with Gasteiger partial charge in [-0.3, -0.25) is 4.72 Å². The summed E-state index contributed by atoms with van der Waals surface area (Å²) in [6.07, 6.45) is 8.21. The Hall–Kier alpha value is -1.51. The largest absolute Gasteiger partial charge is 0.301 e. The standard InChI is InChI=1S/C14H18N2O2S/c1-3-13-8-6-9-14(11-13)15-19(17,18)16-10-5-4-7-12(16)2/h1,6,8-9,11-12,15H,4-5,7,10H2,2H3. The Balaban J connectivity index is 2.18. The molecule has 19 heavy (non-hydrogen) atoms. The van der Waals surface area contributed by atoms with Crippen LogP contribution in [0, 0.1) is 12.3 Å². The summed E-state index contributed by atoms with van der Waals surface area (Å²) >= 11 is 0. The summed E-state index contributed by atoms with van der Waals surface area (Å²) < 4.78 is 28.8. The Morgan fingerprint density at radius 2 is 2.21 bits per heavy atom. The van der Waals surface area contributed by atoms with Crippen LogP contribution < -0.4 is 4.72 Å². The molecular formula is C14H18N2O2S. The third kappa shape index (κ3) is 3.28. The zero-order valence-electron chi connectivity index (χ0n) is 11.0. The molecule has 1 N–H and O–H groups in total. The van der Waals surface area contributed by atoms with Crippen LogP contribution in [0.1, 0.15) is 31.7 Å². The van der Waals surface area contributed by atoms with Crippen molar-refractivity contribution in [2.75, 3.05) is 11.3 Å². The summed E-state index contributed by atoms with van der Waals surface area (Å²) in [5, 5.41) is 0. The molecule has 1 aromatic rings. The number of terminal acetylenes is 1. The number of nitrogens with zero attached hydrogens (tertiary/aromatic N) is 1. The van der Waals surface area contributed by atoms with Crippen LogP contribution in [0.15, 0.2) is 24.3 Å². The summed E-state index contributed by atoms with van der Waals surface area (Å²) in [5.74, 6) is 2.49. The zero-order valence-corrected chi connectivity index (χ0v) is 11.8. The van der Waals surface area contributed by atoms with Gasteiger partial charge < -0.3 is 0 Å². The lowest BCUT2D eigenvalue weighted by Gasteiger charge is -2.32. The molecule has 1 atom stereocenters. The second kappa shape index (κ2) is 5.64. The van der Waals surface area contributed by atoms with E-state index in [4.69, 9.17) is 6.42 Å². The monoisotopic (exact) mass is 278 g/mol. The Kier molecular flexibility index (Phi) is 4.13. The van der Waals surface area contributed by atoms with E-state index in [-0.39, 0.29) is 6.04 Å². The molecule has 1 aliphatic heterocycles. The number of hydrogen-bond donors (Lipinski definition) is 1. The van der Waals surface area contributed by atoms with Gasteiger partial charge in [0.1, 0.15) is 0 Å². The quantitative estimate of drug-likeness (QED) is 0.862. The van der Waals surface area contributed by atoms with E-state index < -0.39 is 10.2 Å². The number of benzene rings is 1. The molecule has 0 spiro atoms. The first-order chi connectivity index (χ1) is 9.03. The van der Waals surface area contributed by atoms with Crippen molar-refractivity contribution in [3.63, 3.8) is 0 Å². The third-order valence-corrected chi connectivity index (χ3v) is 4.98. The normalized spacial score (nSPS) is 20.7. The Bertz CT molecular complexity index is 590. The predicted molar refractivity (Wildman–Crippen MR) is 76.9 cm³/mol. The van der Waals surface area contributed by atoms with E-state index in [1.165, 1.54) is 4.31 Å². The fraction of sp³-hybridized carbons (Fsp3) is 0.429. The number of anilines is 1. The van der Waals surface area contributed by atoms with Crippen molar-refractivity contribution in [3.8, 4) is 12.3 Å². The minimum Gasteiger partial charge on any atom is -0.271 e. The lowest BCUT2D eigenvalue weighted by Crippen LogP contribution is -2.44. The maximum atomic E-state index is 12.3. The molecule has 1 unspecified atom stereocenters. The van der Waals surface area contributed by atoms with Gasteiger partial charge in [-0.2, -0.15) is 12.7 Å². The highest BCUT2D eigenvalue weighted by Gasteiger charge is 2.29. The minimum absolute atomic E-state index is 0.0436. The van der Waals surface area contributed by atoms with Crippen LogP contribution in [0.2, 0.25) is 0 Å². The molecule has 1 saturated heterocycles. The van der Waals surface area contributed by atoms with Crippen LogP contribution in [0.3, 0.4) is 0 Å². The molecule has 2 rings (SSSR count). The first kappa shape index (κ1) is 13.9. The van der Waals surface area contributed by atoms with Crippen LogP contribution >= 0.6 is 0 Å². The van der Waals surface area contributed by atoms with Gasteiger partial charge in [-0.15, -0.1) is 6.42 Å². The molecular weight excluding hydrogens is 260 g/mol. The molecule has 0 radical (unpaired) electrons. The van der Waals surface area contributed by atoms with Gasteiger partial charge in [0.25, 0.3) is 0 Å². The fourth-order valence-corrected chi connectivity index (χ4v) is 3.80. The molecule has 102 valence electrons. The van der Waals surface area contributed by atoms with E-state index in [9.17, 15) is 8.42 Å². The van der Waals surface area contributed by atoms with Gasteiger partial charge in [-0.05, 0) is 38.0 Å². The Morgan fingerprint density at radius 3 is 2.89 bits per heavy atom. The van der Waals surface area contributed by atoms with Gasteiger partial charge in [0.15, 0.2) is 0 Å². The highest BCUT2D eigenvalue weighted by atomic mass is 32.2. The molecule has 1 aliphatic rings. The summed E-state index contributed by atoms with van der Waals surface area (Å²) in [4.78, 5) is 0. The summed E-state index contributed by atoms with van der Waals surface area (Å²) in [6, 6.07) is 6.91. The van der Waals surface area contributed by atoms with Gasteiger partial charge in [-0.1, -0.05) is 18.4 Å². The molecule has 1 aromatic carbocycles. The molecule has 4 nitrogen and oxygen atoms in total. The molecule has 0 amide bonds. The first-order valence-corrected chi connectivity index (χ1v) is 7.83. The Labute approximate surface area is 115 Å². The SMILES string of the molecule is C#Cc1cccc(NS(=O)(=O)N2CCCCC2C)c1. The maximum Gasteiger partial charge on any atom is 0.301 e. The second-order valence-corrected chi connectivity index (χ2v) is 6.41. The van der Waals surface area contributed by atoms with Crippen molar-refractivity contribution in [3.05, 3.63) is 29.8 Å². The van der Waals surface area contributed by atoms with Crippen LogP contribution in [-0.2, 0) is 10.2 Å². The topological polar surface area (TPSA) is 49.4 Å². The minimum atomic E-state index is -3.50. The predicted octanol–water partition coefficient (Wildman–Crippen LogP) is 2.20. The van der Waals surface area contributed by atoms with E-state index in [0.29, 0.717) is 17.8 Å². The van der Waals surface area contributed by atoms with Crippen LogP contribution in [0.5, 0.6) is 0 Å². The maximum absolute atomic E-state index is 12.3. The number of piperidine rings is 1. The van der Waals surface area contributed by atoms with Crippen molar-refractivity contribution in [2.45, 2.75) is 32.2 Å². The van der Waals surface area contributed by atoms with Crippen molar-refractivity contribution in [1.82, 2.24) is 4.31 Å². The zero-order chi connectivity index (χ0) is 13.9. The van der Waals surface area contributed by atoms with Gasteiger partial charge in [-0.25, -0.2) is 0 Å². The average molecular weight is 278 g/mol. The van der Waals surface area contributed by atoms with Crippen molar-refractivity contribution in [1.29, 1.82) is 0 Å². The lowest BCUT2D eigenvalue weighted by atomic mass is 10.1. The van der Waals surface area contributed by atoms with Crippen LogP contribution in [0.4, 0.5) is 5.69 Å². The van der Waals surface area contributed by atoms with E-state index in [0.717, 1.165) is 19.3 Å². The van der Waals surface area contributed by atoms with Crippen molar-refractivity contribution < 1.29 is 8.42 Å². The van der Waals surface area contributed by atoms with E-state index in [1.807, 2.05) is 6.92 Å². The third-order valence-electron chi connectivity index (χ3n) is 3.33. The number of nitrogens with one attached hydrogen (secondary N) is 1. The van der Waals surface area contributed by atoms with E-state index in [1.54, 1.807) is 24.3 Å². The summed E-state index contributed by atoms with van der Waals surface area (Å²) in [7, 11) is -3.50. The number of rotatable bonds is 3. The van der Waals surface area contributed by atoms with Crippen LogP contribution in [0.25, 0.3) is 0 Å². The van der Waals surface area contributed by atoms with Gasteiger partial charge >= 0.3 is 10.2 Å². The molecule has 0 aromatic heterocycles. The molecule has 0 aliphatic carbocycles. The van der Waals surface area contributed by atoms with Crippen molar-refractivity contribution in [2.24, 2.45) is 0 Å². The van der Waals surface area contributed by atoms with Gasteiger partial charge in [0, 0.05) is 18.2 Å². The number of hydrogen-bond acceptors (Lipinski definition) is 2. The van der Waals surface area contributed by atoms with Crippen LogP contribution in [-0.4, -0.2) is 25.3 Å². The van der Waals surface area contributed by atoms with E-state index in [2.05, 4.69) is 10.6 Å². The van der Waals surface area contributed by atoms with Gasteiger partial charge in [0.05, 0.1) is 5.69 Å². The highest BCUT2D eigenvalue weighted by molar-refractivity contribution is 7.90. The molecule has 5 heteroatoms. The highest BCUT2D eigenvalue weighted by Crippen LogP contribution is 2.21. The molecule has 1 heterocycles. The van der Waals surface area contributed by atoms with Crippen molar-refractivity contribution >= 4 is 15.9 Å². The average Bonchev–Trinajstić information content (AvgIpc) is 2.38. The van der Waals surface area contributed by atoms with Gasteiger partial charge in [0.2, 0.25) is 0 Å². The molecule has 0 bridgehead atoms. The van der Waals surface area contributed by atoms with E-state index >= 15 is 0 Å².